The zero-order chi connectivity index (χ0) is 22.2. The van der Waals surface area contributed by atoms with E-state index in [4.69, 9.17) is 9.47 Å². The minimum atomic E-state index is -0.695. The number of nitrogens with zero attached hydrogens (tertiary/aromatic N) is 1. The Bertz CT molecular complexity index is 1080. The number of para-hydroxylation sites is 1. The van der Waals surface area contributed by atoms with Crippen LogP contribution in [0.25, 0.3) is 11.1 Å². The number of nitrogens with one attached hydrogen (secondary N) is 2. The number of anilines is 1. The first kappa shape index (κ1) is 21.3. The van der Waals surface area contributed by atoms with Crippen LogP contribution < -0.4 is 20.1 Å². The average Bonchev–Trinajstić information content (AvgIpc) is 2.78. The molecule has 0 radical (unpaired) electrons. The molecule has 0 heterocycles. The third-order valence-corrected chi connectivity index (χ3v) is 4.22. The number of methoxy groups -OCH3 is 1. The summed E-state index contributed by atoms with van der Waals surface area (Å²) < 4.78 is 10.7. The molecule has 9 heteroatoms. The fourth-order valence-corrected chi connectivity index (χ4v) is 2.74. The van der Waals surface area contributed by atoms with Crippen molar-refractivity contribution in [2.75, 3.05) is 19.0 Å². The van der Waals surface area contributed by atoms with Gasteiger partial charge in [0.05, 0.1) is 12.0 Å². The fourth-order valence-electron chi connectivity index (χ4n) is 2.74. The minimum absolute atomic E-state index is 0.121. The first-order chi connectivity index (χ1) is 15.0. The van der Waals surface area contributed by atoms with Gasteiger partial charge in [-0.3, -0.25) is 20.2 Å². The lowest BCUT2D eigenvalue weighted by Gasteiger charge is -2.12. The summed E-state index contributed by atoms with van der Waals surface area (Å²) in [5, 5.41) is 15.9. The van der Waals surface area contributed by atoms with Gasteiger partial charge in [-0.25, -0.2) is 4.79 Å². The Morgan fingerprint density at radius 1 is 1.00 bits per heavy atom. The highest BCUT2D eigenvalue weighted by Gasteiger charge is 2.16. The Balaban J connectivity index is 1.70. The van der Waals surface area contributed by atoms with Crippen molar-refractivity contribution in [3.8, 4) is 22.6 Å². The molecular weight excluding hydrogens is 402 g/mol. The summed E-state index contributed by atoms with van der Waals surface area (Å²) in [7, 11) is 1.53. The van der Waals surface area contributed by atoms with Crippen LogP contribution in [0.5, 0.6) is 11.5 Å². The van der Waals surface area contributed by atoms with Gasteiger partial charge in [0, 0.05) is 23.4 Å². The van der Waals surface area contributed by atoms with Gasteiger partial charge in [0.2, 0.25) is 0 Å². The molecule has 3 rings (SSSR count). The molecule has 0 saturated carbocycles. The van der Waals surface area contributed by atoms with Gasteiger partial charge < -0.3 is 14.8 Å². The number of carbonyl (C=O) groups excluding carboxylic acids is 2. The maximum Gasteiger partial charge on any atom is 0.325 e. The molecule has 0 unspecified atom stereocenters. The number of nitro groups is 1. The molecule has 0 aliphatic heterocycles. The number of imide groups is 1. The van der Waals surface area contributed by atoms with E-state index in [0.717, 1.165) is 0 Å². The predicted octanol–water partition coefficient (Wildman–Crippen LogP) is 4.00. The number of benzene rings is 3. The number of non-ortho nitro benzene ring substituents is 1. The number of hydrogen-bond acceptors (Lipinski definition) is 6. The van der Waals surface area contributed by atoms with Crippen molar-refractivity contribution in [1.82, 2.24) is 5.32 Å². The van der Waals surface area contributed by atoms with Crippen LogP contribution in [0.3, 0.4) is 0 Å². The van der Waals surface area contributed by atoms with Crippen LogP contribution in [-0.2, 0) is 4.79 Å². The lowest BCUT2D eigenvalue weighted by atomic mass is 10.0. The second-order valence-corrected chi connectivity index (χ2v) is 6.32. The highest BCUT2D eigenvalue weighted by atomic mass is 16.6. The monoisotopic (exact) mass is 421 g/mol. The molecule has 2 N–H and O–H groups in total. The number of ether oxygens (including phenoxy) is 2. The van der Waals surface area contributed by atoms with E-state index in [9.17, 15) is 19.7 Å². The summed E-state index contributed by atoms with van der Waals surface area (Å²) in [6.45, 7) is -0.455. The zero-order valence-corrected chi connectivity index (χ0v) is 16.5. The van der Waals surface area contributed by atoms with Crippen molar-refractivity contribution >= 4 is 23.3 Å². The molecule has 3 amide bonds. The van der Waals surface area contributed by atoms with Gasteiger partial charge in [-0.15, -0.1) is 0 Å². The Kier molecular flexibility index (Phi) is 6.79. The summed E-state index contributed by atoms with van der Waals surface area (Å²) in [4.78, 5) is 34.7. The highest BCUT2D eigenvalue weighted by Crippen LogP contribution is 2.34. The van der Waals surface area contributed by atoms with Gasteiger partial charge in [-0.1, -0.05) is 30.3 Å². The van der Waals surface area contributed by atoms with E-state index in [0.29, 0.717) is 22.6 Å². The smallest absolute Gasteiger partial charge is 0.325 e. The van der Waals surface area contributed by atoms with Crippen LogP contribution >= 0.6 is 0 Å². The first-order valence-electron chi connectivity index (χ1n) is 9.18. The van der Waals surface area contributed by atoms with Crippen molar-refractivity contribution < 1.29 is 24.0 Å². The minimum Gasteiger partial charge on any atom is -0.497 e. The first-order valence-corrected chi connectivity index (χ1v) is 9.18. The van der Waals surface area contributed by atoms with Gasteiger partial charge in [-0.05, 0) is 35.9 Å². The van der Waals surface area contributed by atoms with Crippen molar-refractivity contribution in [3.05, 3.63) is 82.9 Å². The van der Waals surface area contributed by atoms with E-state index in [-0.39, 0.29) is 11.4 Å². The maximum absolute atomic E-state index is 12.1. The largest absolute Gasteiger partial charge is 0.497 e. The van der Waals surface area contributed by atoms with Crippen LogP contribution in [0.1, 0.15) is 0 Å². The number of amides is 3. The van der Waals surface area contributed by atoms with Gasteiger partial charge in [0.15, 0.2) is 6.61 Å². The van der Waals surface area contributed by atoms with Gasteiger partial charge >= 0.3 is 6.03 Å². The van der Waals surface area contributed by atoms with E-state index in [1.54, 1.807) is 54.6 Å². The van der Waals surface area contributed by atoms with Gasteiger partial charge in [-0.2, -0.15) is 0 Å². The third kappa shape index (κ3) is 5.80. The maximum atomic E-state index is 12.1. The Hall–Kier alpha value is -4.40. The normalized spacial score (nSPS) is 10.1. The summed E-state index contributed by atoms with van der Waals surface area (Å²) in [6.07, 6.45) is 0. The number of urea groups is 1. The van der Waals surface area contributed by atoms with E-state index in [1.165, 1.54) is 25.3 Å². The van der Waals surface area contributed by atoms with Crippen molar-refractivity contribution in [3.63, 3.8) is 0 Å². The summed E-state index contributed by atoms with van der Waals surface area (Å²) in [5.41, 5.74) is 1.48. The van der Waals surface area contributed by atoms with Crippen LogP contribution in [0.4, 0.5) is 16.2 Å². The Morgan fingerprint density at radius 3 is 2.35 bits per heavy atom. The van der Waals surface area contributed by atoms with E-state index in [2.05, 4.69) is 10.6 Å². The number of hydrogen-bond donors (Lipinski definition) is 2. The summed E-state index contributed by atoms with van der Waals surface area (Å²) >= 11 is 0. The van der Waals surface area contributed by atoms with E-state index in [1.807, 2.05) is 0 Å². The predicted molar refractivity (Wildman–Crippen MR) is 114 cm³/mol. The van der Waals surface area contributed by atoms with Gasteiger partial charge in [0.25, 0.3) is 11.6 Å². The van der Waals surface area contributed by atoms with Crippen molar-refractivity contribution in [2.45, 2.75) is 0 Å². The lowest BCUT2D eigenvalue weighted by molar-refractivity contribution is -0.384. The van der Waals surface area contributed by atoms with E-state index >= 15 is 0 Å². The van der Waals surface area contributed by atoms with Crippen LogP contribution in [0.2, 0.25) is 0 Å². The molecule has 3 aromatic carbocycles. The third-order valence-electron chi connectivity index (χ3n) is 4.22. The standard InChI is InChI=1S/C22H19N3O6/c1-30-18-10-7-15(8-11-18)19-13-17(25(28)29)9-12-20(19)31-14-21(26)24-22(27)23-16-5-3-2-4-6-16/h2-13H,14H2,1H3,(H2,23,24,26,27). The molecule has 0 fully saturated rings. The molecule has 0 saturated heterocycles. The number of nitro benzene ring substituents is 1. The molecule has 31 heavy (non-hydrogen) atoms. The fraction of sp³-hybridized carbons (Fsp3) is 0.0909. The summed E-state index contributed by atoms with van der Waals surface area (Å²) in [5.74, 6) is 0.210. The quantitative estimate of drug-likeness (QED) is 0.440. The second kappa shape index (κ2) is 9.88. The average molecular weight is 421 g/mol. The van der Waals surface area contributed by atoms with Crippen LogP contribution in [-0.4, -0.2) is 30.6 Å². The van der Waals surface area contributed by atoms with Crippen molar-refractivity contribution in [1.29, 1.82) is 0 Å². The molecule has 0 bridgehead atoms. The molecule has 158 valence electrons. The van der Waals surface area contributed by atoms with Crippen LogP contribution in [0, 0.1) is 10.1 Å². The zero-order valence-electron chi connectivity index (χ0n) is 16.5. The van der Waals surface area contributed by atoms with Gasteiger partial charge in [0.1, 0.15) is 11.5 Å². The topological polar surface area (TPSA) is 120 Å². The SMILES string of the molecule is COc1ccc(-c2cc([N+](=O)[O-])ccc2OCC(=O)NC(=O)Nc2ccccc2)cc1. The molecule has 9 nitrogen and oxygen atoms in total. The molecule has 3 aromatic rings. The van der Waals surface area contributed by atoms with Crippen LogP contribution in [0.15, 0.2) is 72.8 Å². The molecule has 0 aromatic heterocycles. The molecule has 0 spiro atoms. The second-order valence-electron chi connectivity index (χ2n) is 6.32. The molecule has 0 aliphatic rings. The van der Waals surface area contributed by atoms with Crippen molar-refractivity contribution in [2.24, 2.45) is 0 Å². The highest BCUT2D eigenvalue weighted by molar-refractivity contribution is 6.01. The van der Waals surface area contributed by atoms with E-state index < -0.39 is 23.5 Å². The number of rotatable bonds is 7. The summed E-state index contributed by atoms with van der Waals surface area (Å²) in [6, 6.07) is 18.9. The lowest BCUT2D eigenvalue weighted by Crippen LogP contribution is -2.37. The molecule has 0 atom stereocenters. The molecular formula is C22H19N3O6. The Morgan fingerprint density at radius 2 is 1.71 bits per heavy atom. The number of carbonyl (C=O) groups is 2. The Labute approximate surface area is 177 Å². The molecule has 0 aliphatic carbocycles.